The molecule has 0 aliphatic heterocycles. The van der Waals surface area contributed by atoms with Crippen LogP contribution in [0.5, 0.6) is 5.88 Å². The van der Waals surface area contributed by atoms with Crippen LogP contribution in [0, 0.1) is 5.92 Å². The summed E-state index contributed by atoms with van der Waals surface area (Å²) in [7, 11) is 3.37. The molecule has 0 unspecified atom stereocenters. The van der Waals surface area contributed by atoms with Gasteiger partial charge < -0.3 is 14.8 Å². The molecule has 148 valence electrons. The lowest BCUT2D eigenvalue weighted by Gasteiger charge is -2.35. The molecule has 0 amide bonds. The lowest BCUT2D eigenvalue weighted by Crippen LogP contribution is -2.38. The van der Waals surface area contributed by atoms with Gasteiger partial charge in [0.05, 0.1) is 29.7 Å². The van der Waals surface area contributed by atoms with Crippen LogP contribution in [-0.4, -0.2) is 51.4 Å². The van der Waals surface area contributed by atoms with E-state index >= 15 is 0 Å². The summed E-state index contributed by atoms with van der Waals surface area (Å²) in [6.45, 7) is 0.820. The second-order valence-electron chi connectivity index (χ2n) is 7.39. The van der Waals surface area contributed by atoms with Crippen LogP contribution in [0.25, 0.3) is 27.5 Å². The van der Waals surface area contributed by atoms with Crippen molar-refractivity contribution in [3.8, 4) is 17.0 Å². The van der Waals surface area contributed by atoms with Gasteiger partial charge in [-0.15, -0.1) is 5.10 Å². The highest BCUT2D eigenvalue weighted by molar-refractivity contribution is 5.91. The summed E-state index contributed by atoms with van der Waals surface area (Å²) >= 11 is 0. The topological polar surface area (TPSA) is 86.5 Å². The van der Waals surface area contributed by atoms with Crippen LogP contribution in [0.2, 0.25) is 0 Å². The van der Waals surface area contributed by atoms with E-state index in [2.05, 4.69) is 25.4 Å². The lowest BCUT2D eigenvalue weighted by molar-refractivity contribution is 0.104. The van der Waals surface area contributed by atoms with E-state index in [1.807, 2.05) is 41.2 Å². The monoisotopic (exact) mass is 390 g/mol. The van der Waals surface area contributed by atoms with Crippen LogP contribution < -0.4 is 10.1 Å². The molecule has 0 spiro atoms. The van der Waals surface area contributed by atoms with E-state index in [-0.39, 0.29) is 0 Å². The molecule has 3 heterocycles. The molecule has 1 aliphatic rings. The fourth-order valence-corrected chi connectivity index (χ4v) is 3.98. The Bertz CT molecular complexity index is 1170. The second kappa shape index (κ2) is 7.29. The first kappa shape index (κ1) is 17.8. The van der Waals surface area contributed by atoms with E-state index in [4.69, 9.17) is 9.47 Å². The zero-order valence-corrected chi connectivity index (χ0v) is 16.4. The van der Waals surface area contributed by atoms with Crippen LogP contribution in [0.15, 0.2) is 43.0 Å². The molecule has 8 nitrogen and oxygen atoms in total. The normalized spacial score (nSPS) is 18.7. The number of methoxy groups -OCH3 is 2. The molecule has 8 heteroatoms. The van der Waals surface area contributed by atoms with E-state index in [1.165, 1.54) is 6.33 Å². The number of aromatic nitrogens is 5. The minimum atomic E-state index is 0.413. The SMILES string of the molecule is COCC1CC(Nc2ncc3c(-c4ccc5ncnc(OC)c5c4)ccn3n2)C1. The molecule has 0 saturated heterocycles. The van der Waals surface area contributed by atoms with Crippen molar-refractivity contribution in [1.82, 2.24) is 24.6 Å². The van der Waals surface area contributed by atoms with Crippen LogP contribution >= 0.6 is 0 Å². The van der Waals surface area contributed by atoms with Gasteiger partial charge in [0.25, 0.3) is 0 Å². The Balaban J connectivity index is 1.42. The number of hydrogen-bond donors (Lipinski definition) is 1. The summed E-state index contributed by atoms with van der Waals surface area (Å²) in [5.41, 5.74) is 3.88. The molecule has 0 bridgehead atoms. The minimum Gasteiger partial charge on any atom is -0.480 e. The Morgan fingerprint density at radius 2 is 2.03 bits per heavy atom. The largest absolute Gasteiger partial charge is 0.480 e. The van der Waals surface area contributed by atoms with Crippen LogP contribution in [0.3, 0.4) is 0 Å². The van der Waals surface area contributed by atoms with Crippen LogP contribution in [0.1, 0.15) is 12.8 Å². The van der Waals surface area contributed by atoms with E-state index < -0.39 is 0 Å². The third-order valence-corrected chi connectivity index (χ3v) is 5.49. The highest BCUT2D eigenvalue weighted by Crippen LogP contribution is 2.32. The summed E-state index contributed by atoms with van der Waals surface area (Å²) in [6.07, 6.45) is 7.50. The van der Waals surface area contributed by atoms with Gasteiger partial charge in [-0.3, -0.25) is 0 Å². The van der Waals surface area contributed by atoms with Crippen LogP contribution in [-0.2, 0) is 4.74 Å². The average molecular weight is 390 g/mol. The molecule has 1 saturated carbocycles. The van der Waals surface area contributed by atoms with Gasteiger partial charge >= 0.3 is 0 Å². The molecular weight excluding hydrogens is 368 g/mol. The molecule has 1 aromatic carbocycles. The number of anilines is 1. The number of fused-ring (bicyclic) bond motifs is 2. The molecular formula is C21H22N6O2. The first-order valence-electron chi connectivity index (χ1n) is 9.64. The van der Waals surface area contributed by atoms with E-state index in [0.717, 1.165) is 47.0 Å². The number of rotatable bonds is 6. The van der Waals surface area contributed by atoms with Crippen molar-refractivity contribution >= 4 is 22.4 Å². The Morgan fingerprint density at radius 3 is 2.86 bits per heavy atom. The van der Waals surface area contributed by atoms with Crippen molar-refractivity contribution in [3.05, 3.63) is 43.0 Å². The van der Waals surface area contributed by atoms with Gasteiger partial charge in [-0.2, -0.15) is 0 Å². The molecule has 3 aromatic heterocycles. The summed E-state index contributed by atoms with van der Waals surface area (Å²) in [5, 5.41) is 8.92. The van der Waals surface area contributed by atoms with Gasteiger partial charge in [0.1, 0.15) is 6.33 Å². The maximum absolute atomic E-state index is 5.38. The highest BCUT2D eigenvalue weighted by Gasteiger charge is 2.29. The standard InChI is InChI=1S/C21H22N6O2/c1-28-11-13-7-15(8-13)25-21-22-10-19-16(5-6-27(19)26-21)14-3-4-18-17(9-14)20(29-2)24-12-23-18/h3-6,9-10,12-13,15H,7-8,11H2,1-2H3,(H,25,26). The van der Waals surface area contributed by atoms with Gasteiger partial charge in [0, 0.05) is 31.5 Å². The van der Waals surface area contributed by atoms with E-state index in [9.17, 15) is 0 Å². The summed E-state index contributed by atoms with van der Waals surface area (Å²) in [5.74, 6) is 1.85. The summed E-state index contributed by atoms with van der Waals surface area (Å²) in [6, 6.07) is 8.52. The van der Waals surface area contributed by atoms with Crippen molar-refractivity contribution in [2.75, 3.05) is 26.1 Å². The highest BCUT2D eigenvalue weighted by atomic mass is 16.5. The molecule has 1 fully saturated rings. The molecule has 1 N–H and O–H groups in total. The summed E-state index contributed by atoms with van der Waals surface area (Å²) in [4.78, 5) is 13.0. The predicted molar refractivity (Wildman–Crippen MR) is 110 cm³/mol. The average Bonchev–Trinajstić information content (AvgIpc) is 3.14. The fraction of sp³-hybridized carbons (Fsp3) is 0.333. The third kappa shape index (κ3) is 3.25. The van der Waals surface area contributed by atoms with E-state index in [1.54, 1.807) is 14.2 Å². The number of benzene rings is 1. The second-order valence-corrected chi connectivity index (χ2v) is 7.39. The van der Waals surface area contributed by atoms with Gasteiger partial charge in [0.2, 0.25) is 11.8 Å². The minimum absolute atomic E-state index is 0.413. The maximum Gasteiger partial charge on any atom is 0.241 e. The van der Waals surface area contributed by atoms with E-state index in [0.29, 0.717) is 23.8 Å². The van der Waals surface area contributed by atoms with Crippen molar-refractivity contribution < 1.29 is 9.47 Å². The molecule has 1 aliphatic carbocycles. The molecule has 0 radical (unpaired) electrons. The first-order chi connectivity index (χ1) is 14.2. The van der Waals surface area contributed by atoms with Gasteiger partial charge in [-0.25, -0.2) is 19.5 Å². The van der Waals surface area contributed by atoms with Gasteiger partial charge in [-0.1, -0.05) is 6.07 Å². The Kier molecular flexibility index (Phi) is 4.48. The molecule has 5 rings (SSSR count). The quantitative estimate of drug-likeness (QED) is 0.541. The fourth-order valence-electron chi connectivity index (χ4n) is 3.98. The Morgan fingerprint density at radius 1 is 1.14 bits per heavy atom. The molecule has 29 heavy (non-hydrogen) atoms. The van der Waals surface area contributed by atoms with Crippen molar-refractivity contribution in [2.45, 2.75) is 18.9 Å². The Labute approximate surface area is 167 Å². The summed E-state index contributed by atoms with van der Waals surface area (Å²) < 4.78 is 12.5. The first-order valence-corrected chi connectivity index (χ1v) is 9.64. The van der Waals surface area contributed by atoms with Crippen molar-refractivity contribution in [1.29, 1.82) is 0 Å². The lowest BCUT2D eigenvalue weighted by atomic mass is 9.81. The van der Waals surface area contributed by atoms with Crippen LogP contribution in [0.4, 0.5) is 5.95 Å². The molecule has 0 atom stereocenters. The van der Waals surface area contributed by atoms with Gasteiger partial charge in [0.15, 0.2) is 0 Å². The Hall–Kier alpha value is -3.26. The van der Waals surface area contributed by atoms with Gasteiger partial charge in [-0.05, 0) is 42.5 Å². The smallest absolute Gasteiger partial charge is 0.241 e. The zero-order valence-electron chi connectivity index (χ0n) is 16.4. The maximum atomic E-state index is 5.38. The van der Waals surface area contributed by atoms with Crippen molar-refractivity contribution in [2.24, 2.45) is 5.92 Å². The molecule has 4 aromatic rings. The predicted octanol–water partition coefficient (Wildman–Crippen LogP) is 3.19. The number of nitrogens with one attached hydrogen (secondary N) is 1. The van der Waals surface area contributed by atoms with Crippen molar-refractivity contribution in [3.63, 3.8) is 0 Å². The number of nitrogens with zero attached hydrogens (tertiary/aromatic N) is 5. The number of ether oxygens (including phenoxy) is 2. The zero-order chi connectivity index (χ0) is 19.8. The number of hydrogen-bond acceptors (Lipinski definition) is 7. The third-order valence-electron chi connectivity index (χ3n) is 5.49.